The molecular formula is C14H12FN3O2. The van der Waals surface area contributed by atoms with Crippen molar-refractivity contribution in [2.45, 2.75) is 6.42 Å². The summed E-state index contributed by atoms with van der Waals surface area (Å²) in [5, 5.41) is 0. The average Bonchev–Trinajstić information content (AvgIpc) is 2.46. The van der Waals surface area contributed by atoms with E-state index in [1.807, 2.05) is 0 Å². The quantitative estimate of drug-likeness (QED) is 0.826. The second-order valence-corrected chi connectivity index (χ2v) is 4.02. The number of halogens is 1. The first-order valence-corrected chi connectivity index (χ1v) is 5.90. The Morgan fingerprint density at radius 1 is 1.10 bits per heavy atom. The van der Waals surface area contributed by atoms with Crippen LogP contribution in [-0.2, 0) is 11.2 Å². The molecule has 0 radical (unpaired) electrons. The first-order chi connectivity index (χ1) is 9.65. The van der Waals surface area contributed by atoms with Crippen LogP contribution in [0.3, 0.4) is 0 Å². The summed E-state index contributed by atoms with van der Waals surface area (Å²) in [6.07, 6.45) is 1.45. The zero-order valence-corrected chi connectivity index (χ0v) is 10.5. The van der Waals surface area contributed by atoms with Crippen LogP contribution in [0.1, 0.15) is 16.1 Å². The van der Waals surface area contributed by atoms with Crippen LogP contribution in [0.5, 0.6) is 0 Å². The summed E-state index contributed by atoms with van der Waals surface area (Å²) in [5.74, 6) is -1.37. The van der Waals surface area contributed by atoms with Gasteiger partial charge in [-0.2, -0.15) is 0 Å². The fraction of sp³-hybridized carbons (Fsp3) is 0.0714. The van der Waals surface area contributed by atoms with Crippen LogP contribution in [0.25, 0.3) is 0 Å². The highest BCUT2D eigenvalue weighted by atomic mass is 19.1. The number of pyridine rings is 1. The molecule has 2 amide bonds. The number of nitrogens with zero attached hydrogens (tertiary/aromatic N) is 1. The minimum Gasteiger partial charge on any atom is -0.273 e. The van der Waals surface area contributed by atoms with Gasteiger partial charge in [-0.15, -0.1) is 0 Å². The number of benzene rings is 1. The van der Waals surface area contributed by atoms with E-state index in [1.54, 1.807) is 18.2 Å². The fourth-order valence-electron chi connectivity index (χ4n) is 1.56. The highest BCUT2D eigenvalue weighted by molar-refractivity contribution is 5.93. The van der Waals surface area contributed by atoms with Crippen molar-refractivity contribution in [2.24, 2.45) is 0 Å². The fourth-order valence-corrected chi connectivity index (χ4v) is 1.56. The third-order valence-corrected chi connectivity index (χ3v) is 2.47. The van der Waals surface area contributed by atoms with Crippen molar-refractivity contribution < 1.29 is 14.0 Å². The van der Waals surface area contributed by atoms with Crippen molar-refractivity contribution in [1.29, 1.82) is 0 Å². The van der Waals surface area contributed by atoms with Gasteiger partial charge in [0.2, 0.25) is 5.91 Å². The maximum absolute atomic E-state index is 12.9. The first-order valence-electron chi connectivity index (χ1n) is 5.90. The molecule has 0 unspecified atom stereocenters. The van der Waals surface area contributed by atoms with E-state index < -0.39 is 17.6 Å². The molecule has 2 aromatic rings. The highest BCUT2D eigenvalue weighted by Crippen LogP contribution is 2.03. The van der Waals surface area contributed by atoms with E-state index >= 15 is 0 Å². The van der Waals surface area contributed by atoms with Crippen molar-refractivity contribution in [3.8, 4) is 0 Å². The minimum absolute atomic E-state index is 0.0275. The number of hydrogen-bond acceptors (Lipinski definition) is 3. The van der Waals surface area contributed by atoms with E-state index in [-0.39, 0.29) is 12.1 Å². The Morgan fingerprint density at radius 2 is 1.95 bits per heavy atom. The molecule has 2 rings (SSSR count). The van der Waals surface area contributed by atoms with Crippen LogP contribution in [0.15, 0.2) is 48.7 Å². The monoisotopic (exact) mass is 273 g/mol. The molecule has 0 fully saturated rings. The standard InChI is InChI=1S/C14H12FN3O2/c15-11-5-3-4-10(8-11)9-13(19)17-18-14(20)12-6-1-2-7-16-12/h1-8H,9H2,(H,17,19)(H,18,20). The van der Waals surface area contributed by atoms with E-state index in [0.717, 1.165) is 0 Å². The maximum Gasteiger partial charge on any atom is 0.288 e. The second-order valence-electron chi connectivity index (χ2n) is 4.02. The average molecular weight is 273 g/mol. The van der Waals surface area contributed by atoms with Crippen molar-refractivity contribution in [2.75, 3.05) is 0 Å². The van der Waals surface area contributed by atoms with Gasteiger partial charge < -0.3 is 0 Å². The van der Waals surface area contributed by atoms with Crippen molar-refractivity contribution in [3.63, 3.8) is 0 Å². The predicted molar refractivity (Wildman–Crippen MR) is 69.9 cm³/mol. The summed E-state index contributed by atoms with van der Waals surface area (Å²) in [6.45, 7) is 0. The molecule has 20 heavy (non-hydrogen) atoms. The lowest BCUT2D eigenvalue weighted by Crippen LogP contribution is -2.42. The molecule has 5 nitrogen and oxygen atoms in total. The predicted octanol–water partition coefficient (Wildman–Crippen LogP) is 1.22. The highest BCUT2D eigenvalue weighted by Gasteiger charge is 2.08. The van der Waals surface area contributed by atoms with Gasteiger partial charge in [-0.25, -0.2) is 4.39 Å². The number of aromatic nitrogens is 1. The van der Waals surface area contributed by atoms with Gasteiger partial charge in [-0.1, -0.05) is 18.2 Å². The van der Waals surface area contributed by atoms with E-state index in [1.165, 1.54) is 30.5 Å². The van der Waals surface area contributed by atoms with Crippen LogP contribution < -0.4 is 10.9 Å². The van der Waals surface area contributed by atoms with Crippen molar-refractivity contribution in [3.05, 3.63) is 65.7 Å². The van der Waals surface area contributed by atoms with Crippen molar-refractivity contribution >= 4 is 11.8 Å². The molecule has 2 N–H and O–H groups in total. The molecular weight excluding hydrogens is 261 g/mol. The van der Waals surface area contributed by atoms with Crippen molar-refractivity contribution in [1.82, 2.24) is 15.8 Å². The van der Waals surface area contributed by atoms with Gasteiger partial charge in [0.25, 0.3) is 5.91 Å². The zero-order chi connectivity index (χ0) is 14.4. The Bertz CT molecular complexity index is 617. The lowest BCUT2D eigenvalue weighted by molar-refractivity contribution is -0.121. The molecule has 0 spiro atoms. The van der Waals surface area contributed by atoms with Crippen LogP contribution in [0.2, 0.25) is 0 Å². The minimum atomic E-state index is -0.516. The summed E-state index contributed by atoms with van der Waals surface area (Å²) in [7, 11) is 0. The molecule has 0 atom stereocenters. The molecule has 0 aliphatic heterocycles. The van der Waals surface area contributed by atoms with Crippen LogP contribution >= 0.6 is 0 Å². The van der Waals surface area contributed by atoms with E-state index in [9.17, 15) is 14.0 Å². The summed E-state index contributed by atoms with van der Waals surface area (Å²) < 4.78 is 12.9. The Hall–Kier alpha value is -2.76. The molecule has 102 valence electrons. The topological polar surface area (TPSA) is 71.1 Å². The number of carbonyl (C=O) groups is 2. The maximum atomic E-state index is 12.9. The first kappa shape index (κ1) is 13.7. The molecule has 0 aliphatic carbocycles. The molecule has 0 bridgehead atoms. The Balaban J connectivity index is 1.85. The Labute approximate surface area is 114 Å². The number of nitrogens with one attached hydrogen (secondary N) is 2. The number of hydrogen-bond donors (Lipinski definition) is 2. The summed E-state index contributed by atoms with van der Waals surface area (Å²) in [5.41, 5.74) is 5.20. The summed E-state index contributed by atoms with van der Waals surface area (Å²) in [4.78, 5) is 27.0. The second kappa shape index (κ2) is 6.42. The van der Waals surface area contributed by atoms with Gasteiger partial charge in [0, 0.05) is 6.20 Å². The summed E-state index contributed by atoms with van der Waals surface area (Å²) >= 11 is 0. The van der Waals surface area contributed by atoms with Gasteiger partial charge in [-0.3, -0.25) is 25.4 Å². The number of amides is 2. The Kier molecular flexibility index (Phi) is 4.39. The molecule has 1 aromatic carbocycles. The SMILES string of the molecule is O=C(Cc1cccc(F)c1)NNC(=O)c1ccccn1. The normalized spacial score (nSPS) is 9.85. The largest absolute Gasteiger partial charge is 0.288 e. The molecule has 1 aromatic heterocycles. The lowest BCUT2D eigenvalue weighted by atomic mass is 10.1. The van der Waals surface area contributed by atoms with E-state index in [0.29, 0.717) is 5.56 Å². The van der Waals surface area contributed by atoms with Gasteiger partial charge in [0.05, 0.1) is 6.42 Å². The lowest BCUT2D eigenvalue weighted by Gasteiger charge is -2.07. The smallest absolute Gasteiger partial charge is 0.273 e. The van der Waals surface area contributed by atoms with Crippen LogP contribution in [-0.4, -0.2) is 16.8 Å². The molecule has 0 aliphatic rings. The van der Waals surface area contributed by atoms with Gasteiger partial charge in [-0.05, 0) is 29.8 Å². The van der Waals surface area contributed by atoms with E-state index in [4.69, 9.17) is 0 Å². The molecule has 1 heterocycles. The third kappa shape index (κ3) is 3.88. The Morgan fingerprint density at radius 3 is 2.65 bits per heavy atom. The molecule has 0 saturated carbocycles. The zero-order valence-electron chi connectivity index (χ0n) is 10.5. The van der Waals surface area contributed by atoms with Crippen LogP contribution in [0, 0.1) is 5.82 Å². The van der Waals surface area contributed by atoms with Gasteiger partial charge >= 0.3 is 0 Å². The third-order valence-electron chi connectivity index (χ3n) is 2.47. The van der Waals surface area contributed by atoms with E-state index in [2.05, 4.69) is 15.8 Å². The number of hydrazine groups is 1. The molecule has 0 saturated heterocycles. The van der Waals surface area contributed by atoms with Gasteiger partial charge in [0.1, 0.15) is 11.5 Å². The molecule has 6 heteroatoms. The number of rotatable bonds is 3. The van der Waals surface area contributed by atoms with Gasteiger partial charge in [0.15, 0.2) is 0 Å². The van der Waals surface area contributed by atoms with Crippen LogP contribution in [0.4, 0.5) is 4.39 Å². The summed E-state index contributed by atoms with van der Waals surface area (Å²) in [6, 6.07) is 10.6. The number of carbonyl (C=O) groups excluding carboxylic acids is 2.